The Bertz CT molecular complexity index is 868. The van der Waals surface area contributed by atoms with Crippen LogP contribution in [0.1, 0.15) is 28.7 Å². The maximum atomic E-state index is 12.7. The molecule has 1 amide bonds. The Hall–Kier alpha value is -2.57. The zero-order valence-corrected chi connectivity index (χ0v) is 16.1. The number of anilines is 1. The Labute approximate surface area is 165 Å². The third kappa shape index (κ3) is 3.98. The van der Waals surface area contributed by atoms with Crippen molar-refractivity contribution in [1.29, 1.82) is 0 Å². The topological polar surface area (TPSA) is 79.0 Å². The van der Waals surface area contributed by atoms with Crippen molar-refractivity contribution in [2.24, 2.45) is 5.84 Å². The predicted molar refractivity (Wildman–Crippen MR) is 108 cm³/mol. The number of fused-ring (bicyclic) bond motifs is 2. The number of phenols is 1. The van der Waals surface area contributed by atoms with E-state index >= 15 is 0 Å². The van der Waals surface area contributed by atoms with Crippen LogP contribution in [0.25, 0.3) is 0 Å². The summed E-state index contributed by atoms with van der Waals surface area (Å²) in [5, 5.41) is 11.7. The van der Waals surface area contributed by atoms with E-state index in [1.807, 2.05) is 17.1 Å². The lowest BCUT2D eigenvalue weighted by Gasteiger charge is -2.30. The van der Waals surface area contributed by atoms with Crippen molar-refractivity contribution in [3.8, 4) is 5.75 Å². The number of rotatable bonds is 3. The van der Waals surface area contributed by atoms with Gasteiger partial charge in [-0.1, -0.05) is 24.3 Å². The number of hydrogen-bond donors (Lipinski definition) is 2. The van der Waals surface area contributed by atoms with Gasteiger partial charge in [-0.3, -0.25) is 10.7 Å². The van der Waals surface area contributed by atoms with Crippen molar-refractivity contribution in [2.45, 2.75) is 32.1 Å². The molecule has 148 valence electrons. The summed E-state index contributed by atoms with van der Waals surface area (Å²) in [6.07, 6.45) is 3.94. The van der Waals surface area contributed by atoms with Crippen molar-refractivity contribution in [3.05, 3.63) is 58.7 Å². The van der Waals surface area contributed by atoms with Crippen LogP contribution in [-0.4, -0.2) is 42.4 Å². The first-order valence-corrected chi connectivity index (χ1v) is 9.97. The van der Waals surface area contributed by atoms with Crippen LogP contribution < -0.4 is 10.7 Å². The fourth-order valence-corrected chi connectivity index (χ4v) is 4.07. The van der Waals surface area contributed by atoms with E-state index in [0.717, 1.165) is 50.0 Å². The number of carbonyl (C=O) groups is 1. The number of nitrogens with two attached hydrogens (primary N) is 1. The fraction of sp³-hybridized carbons (Fsp3) is 0.409. The summed E-state index contributed by atoms with van der Waals surface area (Å²) in [4.78, 5) is 14.5. The number of benzene rings is 2. The first-order chi connectivity index (χ1) is 13.6. The van der Waals surface area contributed by atoms with Crippen molar-refractivity contribution >= 4 is 11.8 Å². The van der Waals surface area contributed by atoms with E-state index in [-0.39, 0.29) is 18.4 Å². The summed E-state index contributed by atoms with van der Waals surface area (Å²) in [6, 6.07) is 11.5. The quantitative estimate of drug-likeness (QED) is 0.800. The minimum atomic E-state index is -0.314. The van der Waals surface area contributed by atoms with Crippen LogP contribution in [0.5, 0.6) is 5.75 Å². The molecule has 0 aromatic heterocycles. The molecule has 0 radical (unpaired) electrons. The van der Waals surface area contributed by atoms with Gasteiger partial charge in [-0.05, 0) is 60.1 Å². The highest BCUT2D eigenvalue weighted by atomic mass is 16.6. The SMILES string of the molecule is NN1CCc2cc3c(cc2CC1)N(C(=O)OCCc1ccccc1O)CCC3. The van der Waals surface area contributed by atoms with Gasteiger partial charge < -0.3 is 9.84 Å². The Balaban J connectivity index is 1.46. The summed E-state index contributed by atoms with van der Waals surface area (Å²) in [5.41, 5.74) is 5.60. The lowest BCUT2D eigenvalue weighted by molar-refractivity contribution is 0.154. The molecule has 0 fully saturated rings. The van der Waals surface area contributed by atoms with Crippen LogP contribution in [0.4, 0.5) is 10.5 Å². The smallest absolute Gasteiger partial charge is 0.414 e. The molecule has 4 rings (SSSR count). The molecular formula is C22H27N3O3. The van der Waals surface area contributed by atoms with Crippen molar-refractivity contribution in [1.82, 2.24) is 5.01 Å². The molecular weight excluding hydrogens is 354 g/mol. The second kappa shape index (κ2) is 8.20. The van der Waals surface area contributed by atoms with E-state index in [4.69, 9.17) is 10.6 Å². The normalized spacial score (nSPS) is 16.8. The first kappa shape index (κ1) is 18.8. The minimum Gasteiger partial charge on any atom is -0.508 e. The molecule has 2 aromatic rings. The molecule has 0 spiro atoms. The van der Waals surface area contributed by atoms with Crippen LogP contribution in [0.15, 0.2) is 36.4 Å². The van der Waals surface area contributed by atoms with Gasteiger partial charge in [0, 0.05) is 26.1 Å². The van der Waals surface area contributed by atoms with Gasteiger partial charge in [-0.25, -0.2) is 9.80 Å². The molecule has 2 heterocycles. The zero-order chi connectivity index (χ0) is 19.5. The van der Waals surface area contributed by atoms with Crippen LogP contribution in [-0.2, 0) is 30.4 Å². The molecule has 6 nitrogen and oxygen atoms in total. The second-order valence-electron chi connectivity index (χ2n) is 7.53. The van der Waals surface area contributed by atoms with Crippen molar-refractivity contribution in [3.63, 3.8) is 0 Å². The number of para-hydroxylation sites is 1. The van der Waals surface area contributed by atoms with Gasteiger partial charge in [0.25, 0.3) is 0 Å². The summed E-state index contributed by atoms with van der Waals surface area (Å²) in [7, 11) is 0. The maximum Gasteiger partial charge on any atom is 0.414 e. The summed E-state index contributed by atoms with van der Waals surface area (Å²) in [5.74, 6) is 6.22. The van der Waals surface area contributed by atoms with Crippen LogP contribution in [0, 0.1) is 0 Å². The van der Waals surface area contributed by atoms with Crippen LogP contribution in [0.2, 0.25) is 0 Å². The molecule has 2 aromatic carbocycles. The number of hydrazine groups is 1. The second-order valence-corrected chi connectivity index (χ2v) is 7.53. The highest BCUT2D eigenvalue weighted by molar-refractivity contribution is 5.89. The van der Waals surface area contributed by atoms with Gasteiger partial charge in [-0.2, -0.15) is 0 Å². The lowest BCUT2D eigenvalue weighted by atomic mass is 9.93. The Morgan fingerprint density at radius 1 is 1.04 bits per heavy atom. The van der Waals surface area contributed by atoms with Gasteiger partial charge in [0.1, 0.15) is 5.75 Å². The number of aromatic hydroxyl groups is 1. The first-order valence-electron chi connectivity index (χ1n) is 9.97. The summed E-state index contributed by atoms with van der Waals surface area (Å²) < 4.78 is 5.53. The molecule has 2 aliphatic rings. The minimum absolute atomic E-state index is 0.235. The predicted octanol–water partition coefficient (Wildman–Crippen LogP) is 2.80. The number of aryl methyl sites for hydroxylation is 1. The third-order valence-corrected chi connectivity index (χ3v) is 5.67. The Morgan fingerprint density at radius 3 is 2.57 bits per heavy atom. The van der Waals surface area contributed by atoms with E-state index in [1.54, 1.807) is 17.0 Å². The monoisotopic (exact) mass is 381 g/mol. The van der Waals surface area contributed by atoms with Gasteiger partial charge in [0.2, 0.25) is 0 Å². The van der Waals surface area contributed by atoms with E-state index in [1.165, 1.54) is 16.7 Å². The Kier molecular flexibility index (Phi) is 5.50. The van der Waals surface area contributed by atoms with Crippen molar-refractivity contribution in [2.75, 3.05) is 31.1 Å². The van der Waals surface area contributed by atoms with Crippen LogP contribution >= 0.6 is 0 Å². The molecule has 0 saturated carbocycles. The maximum absolute atomic E-state index is 12.7. The summed E-state index contributed by atoms with van der Waals surface area (Å²) in [6.45, 7) is 2.61. The van der Waals surface area contributed by atoms with Crippen LogP contribution in [0.3, 0.4) is 0 Å². The highest BCUT2D eigenvalue weighted by Gasteiger charge is 2.26. The molecule has 28 heavy (non-hydrogen) atoms. The van der Waals surface area contributed by atoms with Gasteiger partial charge >= 0.3 is 6.09 Å². The van der Waals surface area contributed by atoms with Crippen molar-refractivity contribution < 1.29 is 14.6 Å². The number of ether oxygens (including phenoxy) is 1. The van der Waals surface area contributed by atoms with E-state index in [2.05, 4.69) is 12.1 Å². The largest absolute Gasteiger partial charge is 0.508 e. The number of hydrogen-bond acceptors (Lipinski definition) is 5. The molecule has 0 unspecified atom stereocenters. The molecule has 0 aliphatic carbocycles. The number of phenolic OH excluding ortho intramolecular Hbond substituents is 1. The molecule has 3 N–H and O–H groups in total. The number of amides is 1. The molecule has 0 bridgehead atoms. The van der Waals surface area contributed by atoms with Gasteiger partial charge in [-0.15, -0.1) is 0 Å². The third-order valence-electron chi connectivity index (χ3n) is 5.67. The Morgan fingerprint density at radius 2 is 1.79 bits per heavy atom. The fourth-order valence-electron chi connectivity index (χ4n) is 4.07. The molecule has 0 atom stereocenters. The average molecular weight is 381 g/mol. The number of nitrogens with zero attached hydrogens (tertiary/aromatic N) is 2. The van der Waals surface area contributed by atoms with E-state index in [9.17, 15) is 9.90 Å². The molecule has 6 heteroatoms. The lowest BCUT2D eigenvalue weighted by Crippen LogP contribution is -2.36. The van der Waals surface area contributed by atoms with Gasteiger partial charge in [0.15, 0.2) is 0 Å². The van der Waals surface area contributed by atoms with E-state index in [0.29, 0.717) is 13.0 Å². The molecule has 0 saturated heterocycles. The number of carbonyl (C=O) groups excluding carboxylic acids is 1. The van der Waals surface area contributed by atoms with E-state index < -0.39 is 0 Å². The standard InChI is InChI=1S/C22H27N3O3/c23-24-11-7-17-14-19-5-3-10-25(20(19)15-18(17)8-12-24)22(27)28-13-9-16-4-1-2-6-21(16)26/h1-2,4,6,14-15,26H,3,5,7-13,23H2. The van der Waals surface area contributed by atoms with Gasteiger partial charge in [0.05, 0.1) is 12.3 Å². The average Bonchev–Trinajstić information content (AvgIpc) is 2.88. The summed E-state index contributed by atoms with van der Waals surface area (Å²) >= 11 is 0. The zero-order valence-electron chi connectivity index (χ0n) is 16.1. The molecule has 2 aliphatic heterocycles. The highest BCUT2D eigenvalue weighted by Crippen LogP contribution is 2.32.